The Kier molecular flexibility index (Phi) is 4.08. The Morgan fingerprint density at radius 1 is 0.655 bits per heavy atom. The van der Waals surface area contributed by atoms with Crippen LogP contribution >= 0.6 is 0 Å². The summed E-state index contributed by atoms with van der Waals surface area (Å²) in [5, 5.41) is 34.2. The van der Waals surface area contributed by atoms with Crippen molar-refractivity contribution in [3.05, 3.63) is 102 Å². The summed E-state index contributed by atoms with van der Waals surface area (Å²) in [6.07, 6.45) is 0. The summed E-state index contributed by atoms with van der Waals surface area (Å²) in [5.74, 6) is 0. The summed E-state index contributed by atoms with van der Waals surface area (Å²) in [5.41, 5.74) is 0.586. The fraction of sp³-hybridized carbons (Fsp3) is 0. The number of para-hydroxylation sites is 1. The molecule has 0 fully saturated rings. The van der Waals surface area contributed by atoms with Gasteiger partial charge in [0, 0.05) is 29.3 Å². The molecular weight excluding hydrogens is 380 g/mol. The van der Waals surface area contributed by atoms with Crippen LogP contribution in [0.1, 0.15) is 11.1 Å². The standard InChI is InChI=1S/C19H10N4O6/c24-21(25)12-6-7-14-15(8-12)19(20-11-4-2-1-3-5-11)16-9-13(22(26)27)10-17(18(14)16)23(28)29/h1-10H/b20-19+. The molecule has 10 nitrogen and oxygen atoms in total. The highest BCUT2D eigenvalue weighted by Crippen LogP contribution is 2.46. The van der Waals surface area contributed by atoms with Gasteiger partial charge in [-0.25, -0.2) is 4.99 Å². The maximum absolute atomic E-state index is 11.6. The Morgan fingerprint density at radius 2 is 1.31 bits per heavy atom. The molecule has 0 heterocycles. The Bertz CT molecular complexity index is 1240. The molecule has 0 saturated heterocycles. The Balaban J connectivity index is 2.09. The van der Waals surface area contributed by atoms with Crippen LogP contribution in [0.15, 0.2) is 65.7 Å². The number of benzene rings is 3. The van der Waals surface area contributed by atoms with Crippen LogP contribution in [0, 0.1) is 30.3 Å². The van der Waals surface area contributed by atoms with Crippen LogP contribution in [0.3, 0.4) is 0 Å². The zero-order chi connectivity index (χ0) is 20.7. The zero-order valence-corrected chi connectivity index (χ0v) is 14.5. The smallest absolute Gasteiger partial charge is 0.258 e. The van der Waals surface area contributed by atoms with Gasteiger partial charge in [0.2, 0.25) is 0 Å². The van der Waals surface area contributed by atoms with Crippen molar-refractivity contribution in [1.82, 2.24) is 0 Å². The van der Waals surface area contributed by atoms with Gasteiger partial charge in [0.15, 0.2) is 0 Å². The van der Waals surface area contributed by atoms with E-state index in [1.807, 2.05) is 0 Å². The number of fused-ring (bicyclic) bond motifs is 3. The van der Waals surface area contributed by atoms with Crippen molar-refractivity contribution < 1.29 is 14.8 Å². The van der Waals surface area contributed by atoms with E-state index >= 15 is 0 Å². The molecule has 1 aliphatic rings. The molecule has 0 atom stereocenters. The SMILES string of the molecule is O=[N+]([O-])c1ccc2c(c1)/C(=N\c1ccccc1)c1cc([N+](=O)[O-])cc([N+](=O)[O-])c1-2. The number of nitrogens with zero attached hydrogens (tertiary/aromatic N) is 4. The molecule has 0 N–H and O–H groups in total. The monoisotopic (exact) mass is 390 g/mol. The van der Waals surface area contributed by atoms with Gasteiger partial charge in [0.25, 0.3) is 17.1 Å². The van der Waals surface area contributed by atoms with E-state index in [0.29, 0.717) is 16.8 Å². The summed E-state index contributed by atoms with van der Waals surface area (Å²) in [4.78, 5) is 36.6. The van der Waals surface area contributed by atoms with Gasteiger partial charge in [0.05, 0.1) is 37.8 Å². The molecule has 0 amide bonds. The van der Waals surface area contributed by atoms with E-state index in [1.165, 1.54) is 24.3 Å². The van der Waals surface area contributed by atoms with E-state index in [-0.39, 0.29) is 22.5 Å². The number of rotatable bonds is 4. The normalized spacial score (nSPS) is 13.0. The van der Waals surface area contributed by atoms with E-state index in [4.69, 9.17) is 0 Å². The number of nitro groups is 3. The fourth-order valence-corrected chi connectivity index (χ4v) is 3.29. The zero-order valence-electron chi connectivity index (χ0n) is 14.5. The van der Waals surface area contributed by atoms with Gasteiger partial charge in [-0.05, 0) is 23.8 Å². The van der Waals surface area contributed by atoms with Crippen molar-refractivity contribution in [1.29, 1.82) is 0 Å². The van der Waals surface area contributed by atoms with Gasteiger partial charge < -0.3 is 0 Å². The Labute approximate surface area is 162 Å². The number of nitro benzene ring substituents is 3. The molecule has 142 valence electrons. The predicted molar refractivity (Wildman–Crippen MR) is 104 cm³/mol. The van der Waals surface area contributed by atoms with Crippen LogP contribution in [0.2, 0.25) is 0 Å². The molecule has 0 spiro atoms. The van der Waals surface area contributed by atoms with Crippen LogP contribution in [-0.2, 0) is 0 Å². The molecule has 29 heavy (non-hydrogen) atoms. The van der Waals surface area contributed by atoms with E-state index in [2.05, 4.69) is 4.99 Å². The first-order chi connectivity index (χ1) is 13.9. The van der Waals surface area contributed by atoms with Gasteiger partial charge in [-0.2, -0.15) is 0 Å². The second kappa shape index (κ2) is 6.60. The van der Waals surface area contributed by atoms with Crippen molar-refractivity contribution in [2.75, 3.05) is 0 Å². The molecule has 10 heteroatoms. The molecule has 0 aromatic heterocycles. The number of hydrogen-bond acceptors (Lipinski definition) is 7. The summed E-state index contributed by atoms with van der Waals surface area (Å²) < 4.78 is 0. The second-order valence-corrected chi connectivity index (χ2v) is 6.18. The first kappa shape index (κ1) is 17.9. The first-order valence-corrected chi connectivity index (χ1v) is 8.27. The lowest BCUT2D eigenvalue weighted by atomic mass is 10.0. The van der Waals surface area contributed by atoms with Crippen LogP contribution in [0.4, 0.5) is 22.7 Å². The summed E-state index contributed by atoms with van der Waals surface area (Å²) in [7, 11) is 0. The number of aliphatic imine (C=N–C) groups is 1. The van der Waals surface area contributed by atoms with E-state index in [0.717, 1.165) is 6.07 Å². The highest BCUT2D eigenvalue weighted by molar-refractivity contribution is 6.27. The molecule has 0 saturated carbocycles. The van der Waals surface area contributed by atoms with Crippen LogP contribution < -0.4 is 0 Å². The fourth-order valence-electron chi connectivity index (χ4n) is 3.29. The predicted octanol–water partition coefficient (Wildman–Crippen LogP) is 4.56. The quantitative estimate of drug-likeness (QED) is 0.369. The summed E-state index contributed by atoms with van der Waals surface area (Å²) >= 11 is 0. The van der Waals surface area contributed by atoms with Gasteiger partial charge in [-0.15, -0.1) is 0 Å². The third kappa shape index (κ3) is 2.98. The first-order valence-electron chi connectivity index (χ1n) is 8.27. The largest absolute Gasteiger partial charge is 0.284 e. The van der Waals surface area contributed by atoms with Gasteiger partial charge >= 0.3 is 0 Å². The van der Waals surface area contributed by atoms with E-state index in [1.54, 1.807) is 30.3 Å². The van der Waals surface area contributed by atoms with E-state index in [9.17, 15) is 30.3 Å². The van der Waals surface area contributed by atoms with Gasteiger partial charge in [-0.1, -0.05) is 18.2 Å². The molecule has 0 bridgehead atoms. The summed E-state index contributed by atoms with van der Waals surface area (Å²) in [6, 6.07) is 14.6. The lowest BCUT2D eigenvalue weighted by Gasteiger charge is -2.03. The van der Waals surface area contributed by atoms with Crippen molar-refractivity contribution in [3.63, 3.8) is 0 Å². The van der Waals surface area contributed by atoms with Crippen molar-refractivity contribution in [2.45, 2.75) is 0 Å². The molecule has 0 unspecified atom stereocenters. The molecule has 4 rings (SSSR count). The average Bonchev–Trinajstić information content (AvgIpc) is 3.01. The lowest BCUT2D eigenvalue weighted by molar-refractivity contribution is -0.393. The maximum Gasteiger partial charge on any atom is 0.284 e. The number of hydrogen-bond donors (Lipinski definition) is 0. The molecule has 0 radical (unpaired) electrons. The van der Waals surface area contributed by atoms with Crippen molar-refractivity contribution >= 4 is 28.5 Å². The van der Waals surface area contributed by atoms with Gasteiger partial charge in [0.1, 0.15) is 0 Å². The third-order valence-electron chi connectivity index (χ3n) is 4.50. The molecular formula is C19H10N4O6. The maximum atomic E-state index is 11.6. The highest BCUT2D eigenvalue weighted by Gasteiger charge is 2.35. The van der Waals surface area contributed by atoms with Gasteiger partial charge in [-0.3, -0.25) is 30.3 Å². The van der Waals surface area contributed by atoms with E-state index < -0.39 is 26.1 Å². The lowest BCUT2D eigenvalue weighted by Crippen LogP contribution is -2.01. The topological polar surface area (TPSA) is 142 Å². The minimum atomic E-state index is -0.723. The van der Waals surface area contributed by atoms with Crippen molar-refractivity contribution in [3.8, 4) is 11.1 Å². The third-order valence-corrected chi connectivity index (χ3v) is 4.50. The minimum absolute atomic E-state index is 0.153. The van der Waals surface area contributed by atoms with Crippen LogP contribution in [0.5, 0.6) is 0 Å². The molecule has 1 aliphatic carbocycles. The van der Waals surface area contributed by atoms with Crippen molar-refractivity contribution in [2.24, 2.45) is 4.99 Å². The summed E-state index contributed by atoms with van der Waals surface area (Å²) in [6.45, 7) is 0. The average molecular weight is 390 g/mol. The second-order valence-electron chi connectivity index (χ2n) is 6.18. The highest BCUT2D eigenvalue weighted by atomic mass is 16.6. The van der Waals surface area contributed by atoms with Crippen LogP contribution in [-0.4, -0.2) is 20.5 Å². The van der Waals surface area contributed by atoms with Crippen LogP contribution in [0.25, 0.3) is 11.1 Å². The number of non-ortho nitro benzene ring substituents is 2. The Hall–Kier alpha value is -4.47. The molecule has 3 aromatic carbocycles. The minimum Gasteiger partial charge on any atom is -0.258 e. The molecule has 0 aliphatic heterocycles. The molecule has 3 aromatic rings. The Morgan fingerprint density at radius 3 is 1.93 bits per heavy atom.